The van der Waals surface area contributed by atoms with E-state index in [1.165, 1.54) is 0 Å². The topological polar surface area (TPSA) is 78.1 Å². The molecular weight excluding hydrogens is 244 g/mol. The van der Waals surface area contributed by atoms with Crippen LogP contribution in [-0.2, 0) is 10.0 Å². The van der Waals surface area contributed by atoms with Crippen LogP contribution in [0.4, 0.5) is 4.79 Å². The lowest BCUT2D eigenvalue weighted by molar-refractivity contribution is 0.260. The van der Waals surface area contributed by atoms with Crippen LogP contribution >= 0.6 is 11.6 Å². The highest BCUT2D eigenvalue weighted by molar-refractivity contribution is 7.89. The minimum Gasteiger partial charge on any atom is -0.254 e. The molecule has 1 heterocycles. The van der Waals surface area contributed by atoms with Crippen LogP contribution < -0.4 is 5.69 Å². The SMILES string of the molecule is CCCS(=O)(=O)n1ccn(C(=O)Cl)c1=O. The largest absolute Gasteiger partial charge is 0.349 e. The summed E-state index contributed by atoms with van der Waals surface area (Å²) in [6.45, 7) is 1.67. The lowest BCUT2D eigenvalue weighted by Crippen LogP contribution is -2.31. The van der Waals surface area contributed by atoms with Gasteiger partial charge in [-0.15, -0.1) is 0 Å². The number of nitrogens with zero attached hydrogens (tertiary/aromatic N) is 2. The Hall–Kier alpha value is -1.08. The van der Waals surface area contributed by atoms with Gasteiger partial charge in [-0.05, 0) is 18.0 Å². The van der Waals surface area contributed by atoms with E-state index in [1.54, 1.807) is 6.92 Å². The Balaban J connectivity index is 3.30. The van der Waals surface area contributed by atoms with Gasteiger partial charge in [0.2, 0.25) is 10.0 Å². The van der Waals surface area contributed by atoms with Gasteiger partial charge >= 0.3 is 11.1 Å². The summed E-state index contributed by atoms with van der Waals surface area (Å²) in [5, 5.41) is -1.04. The highest BCUT2D eigenvalue weighted by atomic mass is 35.5. The van der Waals surface area contributed by atoms with Crippen LogP contribution in [0.3, 0.4) is 0 Å². The third-order valence-corrected chi connectivity index (χ3v) is 3.68. The standard InChI is InChI=1S/C7H9ClN2O4S/c1-2-5-15(13,14)10-4-3-9(6(8)11)7(10)12/h3-4H,2,5H2,1H3. The smallest absolute Gasteiger partial charge is 0.254 e. The number of hydrogen-bond donors (Lipinski definition) is 0. The summed E-state index contributed by atoms with van der Waals surface area (Å²) in [4.78, 5) is 22.1. The van der Waals surface area contributed by atoms with Crippen molar-refractivity contribution in [2.75, 3.05) is 5.75 Å². The molecule has 0 atom stereocenters. The first kappa shape index (κ1) is 12.0. The van der Waals surface area contributed by atoms with Gasteiger partial charge in [-0.2, -0.15) is 3.97 Å². The Kier molecular flexibility index (Phi) is 3.35. The van der Waals surface area contributed by atoms with E-state index in [9.17, 15) is 18.0 Å². The molecule has 0 saturated heterocycles. The Labute approximate surface area is 91.1 Å². The molecule has 6 nitrogen and oxygen atoms in total. The van der Waals surface area contributed by atoms with E-state index in [4.69, 9.17) is 11.6 Å². The number of halogens is 1. The fourth-order valence-corrected chi connectivity index (χ4v) is 2.47. The van der Waals surface area contributed by atoms with Gasteiger partial charge in [0.05, 0.1) is 5.75 Å². The van der Waals surface area contributed by atoms with Crippen LogP contribution in [0.2, 0.25) is 0 Å². The first-order chi connectivity index (χ1) is 6.90. The summed E-state index contributed by atoms with van der Waals surface area (Å²) in [5.74, 6) is -0.159. The number of hydrogen-bond acceptors (Lipinski definition) is 4. The van der Waals surface area contributed by atoms with Crippen LogP contribution in [0.25, 0.3) is 0 Å². The summed E-state index contributed by atoms with van der Waals surface area (Å²) in [6, 6.07) is 0. The molecule has 0 saturated carbocycles. The minimum absolute atomic E-state index is 0.159. The Morgan fingerprint density at radius 2 is 2.07 bits per heavy atom. The molecule has 0 aliphatic heterocycles. The summed E-state index contributed by atoms with van der Waals surface area (Å²) in [5.41, 5.74) is -0.969. The molecule has 0 radical (unpaired) electrons. The van der Waals surface area contributed by atoms with E-state index >= 15 is 0 Å². The summed E-state index contributed by atoms with van der Waals surface area (Å²) >= 11 is 5.06. The molecule has 1 aromatic rings. The van der Waals surface area contributed by atoms with Gasteiger partial charge < -0.3 is 0 Å². The van der Waals surface area contributed by atoms with Crippen molar-refractivity contribution in [1.82, 2.24) is 8.54 Å². The normalized spacial score (nSPS) is 11.6. The van der Waals surface area contributed by atoms with E-state index in [0.29, 0.717) is 15.0 Å². The average Bonchev–Trinajstić information content (AvgIpc) is 2.47. The van der Waals surface area contributed by atoms with E-state index in [-0.39, 0.29) is 5.75 Å². The molecule has 15 heavy (non-hydrogen) atoms. The first-order valence-corrected chi connectivity index (χ1v) is 6.12. The second-order valence-corrected chi connectivity index (χ2v) is 5.10. The Morgan fingerprint density at radius 3 is 2.47 bits per heavy atom. The molecule has 1 rings (SSSR count). The van der Waals surface area contributed by atoms with Crippen molar-refractivity contribution >= 4 is 27.0 Å². The van der Waals surface area contributed by atoms with E-state index in [1.807, 2.05) is 0 Å². The van der Waals surface area contributed by atoms with Crippen molar-refractivity contribution in [2.45, 2.75) is 13.3 Å². The van der Waals surface area contributed by atoms with Crippen LogP contribution in [0.15, 0.2) is 17.2 Å². The molecule has 0 aliphatic rings. The number of carbonyl (C=O) groups is 1. The zero-order chi connectivity index (χ0) is 11.6. The van der Waals surface area contributed by atoms with Crippen molar-refractivity contribution in [2.24, 2.45) is 0 Å². The van der Waals surface area contributed by atoms with Gasteiger partial charge in [-0.25, -0.2) is 17.8 Å². The molecular formula is C7H9ClN2O4S. The van der Waals surface area contributed by atoms with Gasteiger partial charge in [-0.1, -0.05) is 6.92 Å². The maximum absolute atomic E-state index is 11.5. The second-order valence-electron chi connectivity index (χ2n) is 2.82. The van der Waals surface area contributed by atoms with Crippen molar-refractivity contribution in [3.8, 4) is 0 Å². The Bertz CT molecular complexity index is 527. The van der Waals surface area contributed by atoms with Gasteiger partial charge in [0, 0.05) is 12.4 Å². The molecule has 1 aromatic heterocycles. The molecule has 0 unspecified atom stereocenters. The number of rotatable bonds is 3. The summed E-state index contributed by atoms with van der Waals surface area (Å²) in [7, 11) is -3.68. The minimum atomic E-state index is -3.68. The molecule has 0 aromatic carbocycles. The molecule has 0 spiro atoms. The quantitative estimate of drug-likeness (QED) is 0.732. The van der Waals surface area contributed by atoms with Crippen molar-refractivity contribution in [3.05, 3.63) is 22.9 Å². The van der Waals surface area contributed by atoms with E-state index in [2.05, 4.69) is 0 Å². The maximum atomic E-state index is 11.5. The predicted molar refractivity (Wildman–Crippen MR) is 54.8 cm³/mol. The van der Waals surface area contributed by atoms with Crippen LogP contribution in [0.1, 0.15) is 13.3 Å². The predicted octanol–water partition coefficient (Wildman–Crippen LogP) is 0.445. The monoisotopic (exact) mass is 252 g/mol. The van der Waals surface area contributed by atoms with Gasteiger partial charge in [0.1, 0.15) is 0 Å². The zero-order valence-corrected chi connectivity index (χ0v) is 9.45. The van der Waals surface area contributed by atoms with Crippen LogP contribution in [0, 0.1) is 0 Å². The van der Waals surface area contributed by atoms with E-state index < -0.39 is 21.1 Å². The van der Waals surface area contributed by atoms with Crippen molar-refractivity contribution in [3.63, 3.8) is 0 Å². The average molecular weight is 253 g/mol. The lowest BCUT2D eigenvalue weighted by atomic mass is 10.6. The Morgan fingerprint density at radius 1 is 1.47 bits per heavy atom. The second kappa shape index (κ2) is 4.19. The molecule has 0 aliphatic carbocycles. The molecule has 0 N–H and O–H groups in total. The summed E-state index contributed by atoms with van der Waals surface area (Å²) < 4.78 is 24.0. The molecule has 84 valence electrons. The van der Waals surface area contributed by atoms with Gasteiger partial charge in [0.25, 0.3) is 0 Å². The van der Waals surface area contributed by atoms with Crippen LogP contribution in [-0.4, -0.2) is 28.1 Å². The fourth-order valence-electron chi connectivity index (χ4n) is 1.06. The molecule has 8 heteroatoms. The summed E-state index contributed by atoms with van der Waals surface area (Å²) in [6.07, 6.45) is 2.41. The molecule has 0 fully saturated rings. The molecule has 0 amide bonds. The van der Waals surface area contributed by atoms with Gasteiger partial charge in [-0.3, -0.25) is 4.79 Å². The zero-order valence-electron chi connectivity index (χ0n) is 7.88. The van der Waals surface area contributed by atoms with Crippen molar-refractivity contribution in [1.29, 1.82) is 0 Å². The number of imidazole rings is 1. The fraction of sp³-hybridized carbons (Fsp3) is 0.429. The van der Waals surface area contributed by atoms with Crippen molar-refractivity contribution < 1.29 is 13.2 Å². The maximum Gasteiger partial charge on any atom is 0.349 e. The van der Waals surface area contributed by atoms with Gasteiger partial charge in [0.15, 0.2) is 0 Å². The highest BCUT2D eigenvalue weighted by Crippen LogP contribution is 1.98. The molecule has 0 bridgehead atoms. The van der Waals surface area contributed by atoms with Crippen LogP contribution in [0.5, 0.6) is 0 Å². The highest BCUT2D eigenvalue weighted by Gasteiger charge is 2.18. The first-order valence-electron chi connectivity index (χ1n) is 4.13. The van der Waals surface area contributed by atoms with E-state index in [0.717, 1.165) is 12.4 Å². The third kappa shape index (κ3) is 2.29. The number of carbonyl (C=O) groups excluding carboxylic acids is 1. The third-order valence-electron chi connectivity index (χ3n) is 1.70. The number of aromatic nitrogens is 2. The lowest BCUT2D eigenvalue weighted by Gasteiger charge is -2.00.